The maximum atomic E-state index is 13.6. The molecule has 0 saturated heterocycles. The molecule has 1 aliphatic carbocycles. The molecule has 0 spiro atoms. The summed E-state index contributed by atoms with van der Waals surface area (Å²) in [6.45, 7) is 0. The standard InChI is InChI=1S/C28H26O7/c1-33-20-15-22(35-24(32)16-20)27-25(19-11-7-4-8-12-19)26(28(27,34-2)17-23(30)31)21(29)14-13-18-9-5-3-6-10-18/h3-16,25-27H,17H2,1-2H3,(H,30,31)/b14-13+. The molecule has 1 heterocycles. The van der Waals surface area contributed by atoms with Crippen LogP contribution in [0.4, 0.5) is 0 Å². The molecule has 4 unspecified atom stereocenters. The number of benzene rings is 2. The van der Waals surface area contributed by atoms with Gasteiger partial charge in [0.05, 0.1) is 37.0 Å². The Hall–Kier alpha value is -3.97. The van der Waals surface area contributed by atoms with E-state index in [1.807, 2.05) is 60.7 Å². The summed E-state index contributed by atoms with van der Waals surface area (Å²) in [6.07, 6.45) is 2.71. The number of hydrogen-bond acceptors (Lipinski definition) is 6. The Bertz CT molecular complexity index is 1280. The number of carboxylic acids is 1. The number of carbonyl (C=O) groups excluding carboxylic acids is 1. The number of methoxy groups -OCH3 is 2. The summed E-state index contributed by atoms with van der Waals surface area (Å²) < 4.78 is 16.6. The number of carbonyl (C=O) groups is 2. The molecular weight excluding hydrogens is 448 g/mol. The normalized spacial score (nSPS) is 23.5. The maximum Gasteiger partial charge on any atom is 0.339 e. The fourth-order valence-electron chi connectivity index (χ4n) is 5.14. The fraction of sp³-hybridized carbons (Fsp3) is 0.250. The molecule has 1 aliphatic rings. The number of aliphatic carboxylic acids is 1. The van der Waals surface area contributed by atoms with E-state index in [-0.39, 0.29) is 17.3 Å². The third kappa shape index (κ3) is 4.68. The molecule has 2 aromatic carbocycles. The molecule has 0 radical (unpaired) electrons. The van der Waals surface area contributed by atoms with Crippen molar-refractivity contribution in [3.8, 4) is 5.75 Å². The summed E-state index contributed by atoms with van der Waals surface area (Å²) in [5, 5.41) is 9.80. The highest BCUT2D eigenvalue weighted by Crippen LogP contribution is 2.63. The first kappa shape index (κ1) is 24.2. The van der Waals surface area contributed by atoms with Crippen LogP contribution in [0, 0.1) is 5.92 Å². The van der Waals surface area contributed by atoms with Gasteiger partial charge in [-0.15, -0.1) is 0 Å². The first-order valence-electron chi connectivity index (χ1n) is 11.2. The highest BCUT2D eigenvalue weighted by atomic mass is 16.5. The van der Waals surface area contributed by atoms with Crippen molar-refractivity contribution >= 4 is 17.8 Å². The molecule has 4 rings (SSSR count). The van der Waals surface area contributed by atoms with Crippen molar-refractivity contribution in [3.63, 3.8) is 0 Å². The summed E-state index contributed by atoms with van der Waals surface area (Å²) in [5.74, 6) is -2.94. The minimum Gasteiger partial charge on any atom is -0.496 e. The minimum atomic E-state index is -1.44. The van der Waals surface area contributed by atoms with E-state index in [1.54, 1.807) is 12.1 Å². The molecule has 1 fully saturated rings. The second-order valence-corrected chi connectivity index (χ2v) is 8.49. The zero-order chi connectivity index (χ0) is 25.0. The summed E-state index contributed by atoms with van der Waals surface area (Å²) >= 11 is 0. The van der Waals surface area contributed by atoms with E-state index >= 15 is 0 Å². The van der Waals surface area contributed by atoms with Gasteiger partial charge in [0, 0.05) is 19.1 Å². The molecule has 1 aromatic heterocycles. The largest absolute Gasteiger partial charge is 0.496 e. The van der Waals surface area contributed by atoms with Crippen molar-refractivity contribution in [2.24, 2.45) is 5.92 Å². The number of carboxylic acid groups (broad SMARTS) is 1. The van der Waals surface area contributed by atoms with E-state index < -0.39 is 41.4 Å². The first-order valence-corrected chi connectivity index (χ1v) is 11.2. The zero-order valence-corrected chi connectivity index (χ0v) is 19.4. The van der Waals surface area contributed by atoms with E-state index in [0.29, 0.717) is 0 Å². The van der Waals surface area contributed by atoms with Crippen molar-refractivity contribution in [2.75, 3.05) is 14.2 Å². The van der Waals surface area contributed by atoms with Gasteiger partial charge in [-0.05, 0) is 17.2 Å². The molecule has 0 bridgehead atoms. The third-order valence-corrected chi connectivity index (χ3v) is 6.61. The fourth-order valence-corrected chi connectivity index (χ4v) is 5.14. The number of allylic oxidation sites excluding steroid dienone is 1. The van der Waals surface area contributed by atoms with Crippen LogP contribution in [0.5, 0.6) is 5.75 Å². The number of ether oxygens (including phenoxy) is 2. The van der Waals surface area contributed by atoms with Crippen LogP contribution in [0.3, 0.4) is 0 Å². The third-order valence-electron chi connectivity index (χ3n) is 6.61. The average molecular weight is 475 g/mol. The van der Waals surface area contributed by atoms with E-state index in [0.717, 1.165) is 11.1 Å². The quantitative estimate of drug-likeness (QED) is 0.462. The Kier molecular flexibility index (Phi) is 6.98. The van der Waals surface area contributed by atoms with Gasteiger partial charge < -0.3 is 19.0 Å². The summed E-state index contributed by atoms with van der Waals surface area (Å²) in [5.41, 5.74) is -0.419. The molecular formula is C28H26O7. The lowest BCUT2D eigenvalue weighted by Crippen LogP contribution is -2.64. The zero-order valence-electron chi connectivity index (χ0n) is 19.4. The molecule has 0 aliphatic heterocycles. The van der Waals surface area contributed by atoms with E-state index in [2.05, 4.69) is 0 Å². The van der Waals surface area contributed by atoms with E-state index in [9.17, 15) is 19.5 Å². The molecule has 1 saturated carbocycles. The lowest BCUT2D eigenvalue weighted by molar-refractivity contribution is -0.185. The summed E-state index contributed by atoms with van der Waals surface area (Å²) in [6, 6.07) is 21.4. The Balaban J connectivity index is 1.86. The molecule has 0 amide bonds. The Morgan fingerprint density at radius 1 is 1.03 bits per heavy atom. The maximum absolute atomic E-state index is 13.6. The van der Waals surface area contributed by atoms with Gasteiger partial charge in [-0.1, -0.05) is 66.7 Å². The van der Waals surface area contributed by atoms with Crippen molar-refractivity contribution in [3.05, 3.63) is 106 Å². The van der Waals surface area contributed by atoms with Crippen molar-refractivity contribution < 1.29 is 28.6 Å². The second-order valence-electron chi connectivity index (χ2n) is 8.49. The Morgan fingerprint density at radius 3 is 2.29 bits per heavy atom. The van der Waals surface area contributed by atoms with Crippen LogP contribution >= 0.6 is 0 Å². The number of ketones is 1. The van der Waals surface area contributed by atoms with Gasteiger partial charge in [-0.3, -0.25) is 9.59 Å². The molecule has 180 valence electrons. The van der Waals surface area contributed by atoms with Gasteiger partial charge in [0.1, 0.15) is 11.5 Å². The predicted octanol–water partition coefficient (Wildman–Crippen LogP) is 4.29. The predicted molar refractivity (Wildman–Crippen MR) is 129 cm³/mol. The molecule has 3 aromatic rings. The van der Waals surface area contributed by atoms with Crippen LogP contribution < -0.4 is 10.4 Å². The van der Waals surface area contributed by atoms with Crippen molar-refractivity contribution in [1.82, 2.24) is 0 Å². The van der Waals surface area contributed by atoms with Crippen LogP contribution in [0.15, 0.2) is 88.1 Å². The van der Waals surface area contributed by atoms with Gasteiger partial charge in [-0.25, -0.2) is 4.79 Å². The van der Waals surface area contributed by atoms with E-state index in [1.165, 1.54) is 26.4 Å². The molecule has 7 heteroatoms. The number of rotatable bonds is 9. The van der Waals surface area contributed by atoms with Crippen molar-refractivity contribution in [1.29, 1.82) is 0 Å². The van der Waals surface area contributed by atoms with Gasteiger partial charge in [0.2, 0.25) is 0 Å². The minimum absolute atomic E-state index is 0.211. The van der Waals surface area contributed by atoms with Crippen molar-refractivity contribution in [2.45, 2.75) is 23.9 Å². The first-order chi connectivity index (χ1) is 16.9. The number of hydrogen-bond donors (Lipinski definition) is 1. The van der Waals surface area contributed by atoms with Crippen LogP contribution in [0.2, 0.25) is 0 Å². The van der Waals surface area contributed by atoms with Gasteiger partial charge in [0.15, 0.2) is 5.78 Å². The van der Waals surface area contributed by atoms with Crippen LogP contribution in [0.25, 0.3) is 6.08 Å². The van der Waals surface area contributed by atoms with Crippen LogP contribution in [0.1, 0.15) is 35.1 Å². The Morgan fingerprint density at radius 2 is 1.69 bits per heavy atom. The lowest BCUT2D eigenvalue weighted by atomic mass is 9.48. The van der Waals surface area contributed by atoms with Gasteiger partial charge in [0.25, 0.3) is 0 Å². The lowest BCUT2D eigenvalue weighted by Gasteiger charge is -2.58. The summed E-state index contributed by atoms with van der Waals surface area (Å²) in [7, 11) is 2.81. The topological polar surface area (TPSA) is 103 Å². The molecule has 7 nitrogen and oxygen atoms in total. The van der Waals surface area contributed by atoms with Gasteiger partial charge in [-0.2, -0.15) is 0 Å². The highest BCUT2D eigenvalue weighted by Gasteiger charge is 2.67. The van der Waals surface area contributed by atoms with Crippen LogP contribution in [-0.2, 0) is 14.3 Å². The molecule has 35 heavy (non-hydrogen) atoms. The Labute approximate surface area is 202 Å². The second kappa shape index (κ2) is 10.1. The SMILES string of the molecule is COc1cc(C2C(c3ccccc3)C(C(=O)/C=C/c3ccccc3)C2(CC(=O)O)OC)oc(=O)c1. The van der Waals surface area contributed by atoms with Gasteiger partial charge >= 0.3 is 11.6 Å². The smallest absolute Gasteiger partial charge is 0.339 e. The highest BCUT2D eigenvalue weighted by molar-refractivity contribution is 5.98. The average Bonchev–Trinajstić information content (AvgIpc) is 2.85. The van der Waals surface area contributed by atoms with E-state index in [4.69, 9.17) is 13.9 Å². The van der Waals surface area contributed by atoms with Crippen LogP contribution in [-0.4, -0.2) is 36.7 Å². The molecule has 1 N–H and O–H groups in total. The summed E-state index contributed by atoms with van der Waals surface area (Å²) in [4.78, 5) is 37.9. The monoisotopic (exact) mass is 474 g/mol. The molecule has 4 atom stereocenters.